The Morgan fingerprint density at radius 1 is 1.21 bits per heavy atom. The van der Waals surface area contributed by atoms with Crippen LogP contribution >= 0.6 is 0 Å². The number of morpholine rings is 1. The first-order valence-electron chi connectivity index (χ1n) is 9.22. The molecule has 1 aromatic carbocycles. The van der Waals surface area contributed by atoms with E-state index in [1.807, 2.05) is 12.1 Å². The van der Waals surface area contributed by atoms with Gasteiger partial charge in [0, 0.05) is 44.3 Å². The highest BCUT2D eigenvalue weighted by Gasteiger charge is 2.14. The molecule has 5 nitrogen and oxygen atoms in total. The molecule has 1 heterocycles. The number of nitrogens with zero attached hydrogens (tertiary/aromatic N) is 1. The summed E-state index contributed by atoms with van der Waals surface area (Å²) in [6.45, 7) is 5.08. The van der Waals surface area contributed by atoms with Crippen molar-refractivity contribution >= 4 is 11.6 Å². The van der Waals surface area contributed by atoms with Gasteiger partial charge in [-0.25, -0.2) is 0 Å². The van der Waals surface area contributed by atoms with Crippen LogP contribution in [0.4, 0.5) is 5.69 Å². The molecule has 1 aliphatic heterocycles. The second kappa shape index (κ2) is 9.16. The molecule has 24 heavy (non-hydrogen) atoms. The number of anilines is 1. The Kier molecular flexibility index (Phi) is 6.64. The Labute approximate surface area is 144 Å². The maximum Gasteiger partial charge on any atom is 0.225 e. The fraction of sp³-hybridized carbons (Fsp3) is 0.632. The molecule has 3 rings (SSSR count). The van der Waals surface area contributed by atoms with Gasteiger partial charge in [0.2, 0.25) is 5.91 Å². The minimum absolute atomic E-state index is 0.0855. The van der Waals surface area contributed by atoms with Crippen LogP contribution in [0.1, 0.15) is 37.7 Å². The Balaban J connectivity index is 1.42. The van der Waals surface area contributed by atoms with Gasteiger partial charge in [-0.3, -0.25) is 9.69 Å². The van der Waals surface area contributed by atoms with Gasteiger partial charge in [-0.2, -0.15) is 0 Å². The molecule has 5 heteroatoms. The molecule has 132 valence electrons. The number of nitrogens with one attached hydrogen (secondary N) is 2. The number of carbonyl (C=O) groups is 1. The van der Waals surface area contributed by atoms with Crippen LogP contribution < -0.4 is 10.6 Å². The van der Waals surface area contributed by atoms with Crippen molar-refractivity contribution in [1.82, 2.24) is 10.2 Å². The molecule has 0 unspecified atom stereocenters. The molecule has 0 radical (unpaired) electrons. The van der Waals surface area contributed by atoms with Crippen molar-refractivity contribution in [1.29, 1.82) is 0 Å². The predicted molar refractivity (Wildman–Crippen MR) is 96.0 cm³/mol. The molecule has 1 amide bonds. The van der Waals surface area contributed by atoms with Crippen LogP contribution in [0.5, 0.6) is 0 Å². The van der Waals surface area contributed by atoms with Gasteiger partial charge < -0.3 is 15.4 Å². The molecule has 2 N–H and O–H groups in total. The van der Waals surface area contributed by atoms with E-state index in [0.29, 0.717) is 12.5 Å². The lowest BCUT2D eigenvalue weighted by molar-refractivity contribution is -0.116. The summed E-state index contributed by atoms with van der Waals surface area (Å²) in [7, 11) is 0. The number of carbonyl (C=O) groups excluding carboxylic acids is 1. The number of benzene rings is 1. The molecule has 0 aromatic heterocycles. The summed E-state index contributed by atoms with van der Waals surface area (Å²) >= 11 is 0. The van der Waals surface area contributed by atoms with Gasteiger partial charge in [-0.15, -0.1) is 0 Å². The lowest BCUT2D eigenvalue weighted by Gasteiger charge is -2.26. The third-order valence-electron chi connectivity index (χ3n) is 4.92. The van der Waals surface area contributed by atoms with Crippen LogP contribution in [-0.4, -0.2) is 49.7 Å². The Bertz CT molecular complexity index is 523. The largest absolute Gasteiger partial charge is 0.379 e. The summed E-state index contributed by atoms with van der Waals surface area (Å²) in [4.78, 5) is 14.4. The zero-order valence-electron chi connectivity index (χ0n) is 14.4. The zero-order chi connectivity index (χ0) is 16.6. The van der Waals surface area contributed by atoms with Crippen molar-refractivity contribution in [3.8, 4) is 0 Å². The van der Waals surface area contributed by atoms with Crippen molar-refractivity contribution in [2.45, 2.75) is 44.7 Å². The number of hydrogen-bond donors (Lipinski definition) is 2. The quantitative estimate of drug-likeness (QED) is 0.805. The van der Waals surface area contributed by atoms with Gasteiger partial charge >= 0.3 is 0 Å². The molecule has 2 aliphatic rings. The minimum atomic E-state index is 0.0855. The first kappa shape index (κ1) is 17.4. The van der Waals surface area contributed by atoms with Crippen molar-refractivity contribution in [2.75, 3.05) is 38.2 Å². The summed E-state index contributed by atoms with van der Waals surface area (Å²) in [5.41, 5.74) is 2.13. The third kappa shape index (κ3) is 5.58. The number of amides is 1. The molecule has 1 saturated heterocycles. The summed E-state index contributed by atoms with van der Waals surface area (Å²) in [5, 5.41) is 6.64. The SMILES string of the molecule is O=C(CCN1CCOCC1)Nc1cccc(CNC2CCCC2)c1. The van der Waals surface area contributed by atoms with Gasteiger partial charge in [0.1, 0.15) is 0 Å². The third-order valence-corrected chi connectivity index (χ3v) is 4.92. The van der Waals surface area contributed by atoms with Crippen molar-refractivity contribution < 1.29 is 9.53 Å². The first-order valence-corrected chi connectivity index (χ1v) is 9.22. The van der Waals surface area contributed by atoms with Gasteiger partial charge in [0.25, 0.3) is 0 Å². The molecule has 0 bridgehead atoms. The number of hydrogen-bond acceptors (Lipinski definition) is 4. The summed E-state index contributed by atoms with van der Waals surface area (Å²) in [5.74, 6) is 0.0855. The molecular weight excluding hydrogens is 302 g/mol. The van der Waals surface area contributed by atoms with E-state index in [4.69, 9.17) is 4.74 Å². The van der Waals surface area contributed by atoms with Crippen LogP contribution in [0, 0.1) is 0 Å². The second-order valence-electron chi connectivity index (χ2n) is 6.81. The highest BCUT2D eigenvalue weighted by molar-refractivity contribution is 5.90. The maximum atomic E-state index is 12.1. The lowest BCUT2D eigenvalue weighted by atomic mass is 10.1. The summed E-state index contributed by atoms with van der Waals surface area (Å²) in [6.07, 6.45) is 5.80. The standard InChI is InChI=1S/C19H29N3O2/c23-19(8-9-22-10-12-24-13-11-22)21-18-7-3-4-16(14-18)15-20-17-5-1-2-6-17/h3-4,7,14,17,20H,1-2,5-6,8-13,15H2,(H,21,23). The zero-order valence-corrected chi connectivity index (χ0v) is 14.4. The molecule has 1 aromatic rings. The van der Waals surface area contributed by atoms with E-state index in [2.05, 4.69) is 27.7 Å². The van der Waals surface area contributed by atoms with Gasteiger partial charge in [-0.05, 0) is 30.5 Å². The molecule has 1 aliphatic carbocycles. The van der Waals surface area contributed by atoms with Crippen LogP contribution in [0.25, 0.3) is 0 Å². The molecule has 2 fully saturated rings. The molecule has 0 atom stereocenters. The lowest BCUT2D eigenvalue weighted by Crippen LogP contribution is -2.38. The summed E-state index contributed by atoms with van der Waals surface area (Å²) < 4.78 is 5.33. The Hall–Kier alpha value is -1.43. The molecular formula is C19H29N3O2. The maximum absolute atomic E-state index is 12.1. The summed E-state index contributed by atoms with van der Waals surface area (Å²) in [6, 6.07) is 8.84. The van der Waals surface area contributed by atoms with Crippen molar-refractivity contribution in [3.63, 3.8) is 0 Å². The van der Waals surface area contributed by atoms with Gasteiger partial charge in [0.15, 0.2) is 0 Å². The fourth-order valence-corrected chi connectivity index (χ4v) is 3.46. The van der Waals surface area contributed by atoms with Gasteiger partial charge in [0.05, 0.1) is 13.2 Å². The van der Waals surface area contributed by atoms with Crippen molar-refractivity contribution in [2.24, 2.45) is 0 Å². The number of ether oxygens (including phenoxy) is 1. The van der Waals surface area contributed by atoms with E-state index in [0.717, 1.165) is 45.1 Å². The Morgan fingerprint density at radius 3 is 2.79 bits per heavy atom. The van der Waals surface area contributed by atoms with E-state index in [-0.39, 0.29) is 5.91 Å². The molecule has 0 spiro atoms. The average Bonchev–Trinajstić information content (AvgIpc) is 3.13. The van der Waals surface area contributed by atoms with Crippen LogP contribution in [-0.2, 0) is 16.1 Å². The Morgan fingerprint density at radius 2 is 2.00 bits per heavy atom. The van der Waals surface area contributed by atoms with Gasteiger partial charge in [-0.1, -0.05) is 25.0 Å². The molecule has 1 saturated carbocycles. The topological polar surface area (TPSA) is 53.6 Å². The van der Waals surface area contributed by atoms with Crippen molar-refractivity contribution in [3.05, 3.63) is 29.8 Å². The fourth-order valence-electron chi connectivity index (χ4n) is 3.46. The van der Waals surface area contributed by atoms with E-state index >= 15 is 0 Å². The predicted octanol–water partition coefficient (Wildman–Crippen LogP) is 2.38. The second-order valence-corrected chi connectivity index (χ2v) is 6.81. The van der Waals surface area contributed by atoms with E-state index in [1.54, 1.807) is 0 Å². The monoisotopic (exact) mass is 331 g/mol. The normalized spacial score (nSPS) is 19.5. The smallest absolute Gasteiger partial charge is 0.225 e. The average molecular weight is 331 g/mol. The number of rotatable bonds is 7. The van der Waals surface area contributed by atoms with E-state index in [9.17, 15) is 4.79 Å². The minimum Gasteiger partial charge on any atom is -0.379 e. The van der Waals surface area contributed by atoms with Crippen LogP contribution in [0.2, 0.25) is 0 Å². The first-order chi connectivity index (χ1) is 11.8. The van der Waals surface area contributed by atoms with E-state index in [1.165, 1.54) is 31.2 Å². The highest BCUT2D eigenvalue weighted by Crippen LogP contribution is 2.18. The van der Waals surface area contributed by atoms with E-state index < -0.39 is 0 Å². The van der Waals surface area contributed by atoms with Crippen LogP contribution in [0.15, 0.2) is 24.3 Å². The highest BCUT2D eigenvalue weighted by atomic mass is 16.5. The van der Waals surface area contributed by atoms with Crippen LogP contribution in [0.3, 0.4) is 0 Å².